The highest BCUT2D eigenvalue weighted by Gasteiger charge is 2.38. The number of aromatic nitrogens is 1. The second-order valence-electron chi connectivity index (χ2n) is 10.6. The van der Waals surface area contributed by atoms with E-state index in [4.69, 9.17) is 9.15 Å². The Hall–Kier alpha value is -4.21. The van der Waals surface area contributed by atoms with Gasteiger partial charge in [0.15, 0.2) is 0 Å². The average molecular weight is 563 g/mol. The van der Waals surface area contributed by atoms with E-state index in [0.717, 1.165) is 17.7 Å². The minimum absolute atomic E-state index is 0.00393. The molecule has 3 aromatic rings. The lowest BCUT2D eigenvalue weighted by molar-refractivity contribution is -0.145. The van der Waals surface area contributed by atoms with Crippen LogP contribution in [0.2, 0.25) is 0 Å². The first-order valence-corrected chi connectivity index (χ1v) is 14.0. The zero-order chi connectivity index (χ0) is 28.9. The molecule has 0 saturated carbocycles. The number of halogens is 1. The lowest BCUT2D eigenvalue weighted by atomic mass is 9.95. The minimum atomic E-state index is -0.518. The van der Waals surface area contributed by atoms with Crippen molar-refractivity contribution in [1.82, 2.24) is 20.1 Å². The number of piperidine rings is 1. The van der Waals surface area contributed by atoms with E-state index < -0.39 is 11.9 Å². The van der Waals surface area contributed by atoms with Crippen molar-refractivity contribution in [3.05, 3.63) is 71.4 Å². The molecular weight excluding hydrogens is 527 g/mol. The molecule has 2 aliphatic rings. The largest absolute Gasteiger partial charge is 0.497 e. The van der Waals surface area contributed by atoms with Crippen molar-refractivity contribution in [2.45, 2.75) is 51.6 Å². The van der Waals surface area contributed by atoms with E-state index >= 15 is 0 Å². The van der Waals surface area contributed by atoms with E-state index in [-0.39, 0.29) is 36.0 Å². The monoisotopic (exact) mass is 562 g/mol. The molecule has 5 rings (SSSR count). The summed E-state index contributed by atoms with van der Waals surface area (Å²) in [6, 6.07) is 13.0. The predicted octanol–water partition coefficient (Wildman–Crippen LogP) is 3.89. The summed E-state index contributed by atoms with van der Waals surface area (Å²) < 4.78 is 24.6. The summed E-state index contributed by atoms with van der Waals surface area (Å²) in [5, 5.41) is 3.00. The first kappa shape index (κ1) is 28.3. The maximum atomic E-state index is 13.6. The van der Waals surface area contributed by atoms with E-state index in [0.29, 0.717) is 62.5 Å². The van der Waals surface area contributed by atoms with Crippen LogP contribution in [0.5, 0.6) is 5.75 Å². The smallest absolute Gasteiger partial charge is 0.245 e. The van der Waals surface area contributed by atoms with Crippen LogP contribution in [0.4, 0.5) is 4.39 Å². The molecule has 10 heteroatoms. The number of ether oxygens (including phenoxy) is 1. The van der Waals surface area contributed by atoms with Crippen molar-refractivity contribution in [3.8, 4) is 17.2 Å². The van der Waals surface area contributed by atoms with Gasteiger partial charge in [-0.3, -0.25) is 14.4 Å². The quantitative estimate of drug-likeness (QED) is 0.447. The van der Waals surface area contributed by atoms with Crippen LogP contribution >= 0.6 is 0 Å². The van der Waals surface area contributed by atoms with Crippen molar-refractivity contribution in [2.75, 3.05) is 26.7 Å². The third kappa shape index (κ3) is 6.58. The Bertz CT molecular complexity index is 1410. The molecule has 41 heavy (non-hydrogen) atoms. The molecule has 2 aliphatic heterocycles. The predicted molar refractivity (Wildman–Crippen MR) is 149 cm³/mol. The maximum Gasteiger partial charge on any atom is 0.245 e. The zero-order valence-corrected chi connectivity index (χ0v) is 23.4. The molecule has 216 valence electrons. The van der Waals surface area contributed by atoms with Crippen LogP contribution in [0.3, 0.4) is 0 Å². The van der Waals surface area contributed by atoms with Gasteiger partial charge in [0.1, 0.15) is 23.4 Å². The van der Waals surface area contributed by atoms with Gasteiger partial charge in [0.2, 0.25) is 23.6 Å². The molecule has 1 aromatic heterocycles. The van der Waals surface area contributed by atoms with Gasteiger partial charge in [0.25, 0.3) is 0 Å². The lowest BCUT2D eigenvalue weighted by Crippen LogP contribution is -2.51. The maximum absolute atomic E-state index is 13.6. The van der Waals surface area contributed by atoms with Crippen LogP contribution in [-0.4, -0.2) is 65.3 Å². The number of rotatable bonds is 8. The fraction of sp³-hybridized carbons (Fsp3) is 0.419. The van der Waals surface area contributed by atoms with Gasteiger partial charge < -0.3 is 24.3 Å². The molecule has 3 amide bonds. The number of hydrogen-bond acceptors (Lipinski definition) is 6. The number of nitrogens with one attached hydrogen (secondary N) is 1. The topological polar surface area (TPSA) is 105 Å². The molecule has 2 fully saturated rings. The number of methoxy groups -OCH3 is 1. The Labute approximate surface area is 238 Å². The Morgan fingerprint density at radius 3 is 2.61 bits per heavy atom. The standard InChI is InChI=1S/C31H35FN4O5/c1-20-26(34-30(41-20)23-7-4-8-24(32)17-23)18-28(37)36-13-5-10-27(36)31(39)35-14-11-22(12-15-35)29(38)33-19-21-6-3-9-25(16-21)40-2/h3-4,6-9,16-17,22,27H,5,10-15,18-19H2,1-2H3,(H,33,38)/t27-/m0/s1. The first-order valence-electron chi connectivity index (χ1n) is 14.0. The number of benzene rings is 2. The van der Waals surface area contributed by atoms with Gasteiger partial charge in [-0.05, 0) is 68.5 Å². The molecule has 9 nitrogen and oxygen atoms in total. The molecule has 0 radical (unpaired) electrons. The van der Waals surface area contributed by atoms with Crippen LogP contribution in [-0.2, 0) is 27.3 Å². The highest BCUT2D eigenvalue weighted by Crippen LogP contribution is 2.27. The molecular formula is C31H35FN4O5. The van der Waals surface area contributed by atoms with Crippen molar-refractivity contribution >= 4 is 17.7 Å². The summed E-state index contributed by atoms with van der Waals surface area (Å²) in [6.07, 6.45) is 2.52. The van der Waals surface area contributed by atoms with Gasteiger partial charge >= 0.3 is 0 Å². The van der Waals surface area contributed by atoms with E-state index in [1.807, 2.05) is 24.3 Å². The summed E-state index contributed by atoms with van der Waals surface area (Å²) in [5.41, 5.74) is 1.94. The van der Waals surface area contributed by atoms with Crippen LogP contribution in [0, 0.1) is 18.7 Å². The molecule has 0 spiro atoms. The van der Waals surface area contributed by atoms with E-state index in [1.54, 1.807) is 36.0 Å². The molecule has 2 aromatic carbocycles. The fourth-order valence-corrected chi connectivity index (χ4v) is 5.59. The van der Waals surface area contributed by atoms with Gasteiger partial charge in [-0.25, -0.2) is 9.37 Å². The van der Waals surface area contributed by atoms with Gasteiger partial charge in [-0.2, -0.15) is 0 Å². The van der Waals surface area contributed by atoms with Crippen LogP contribution < -0.4 is 10.1 Å². The van der Waals surface area contributed by atoms with Crippen LogP contribution in [0.1, 0.15) is 42.7 Å². The normalized spacial score (nSPS) is 17.5. The summed E-state index contributed by atoms with van der Waals surface area (Å²) in [5.74, 6) is 0.672. The van der Waals surface area contributed by atoms with E-state index in [1.165, 1.54) is 12.1 Å². The summed E-state index contributed by atoms with van der Waals surface area (Å²) >= 11 is 0. The van der Waals surface area contributed by atoms with E-state index in [9.17, 15) is 18.8 Å². The number of aryl methyl sites for hydroxylation is 1. The number of oxazole rings is 1. The number of amides is 3. The van der Waals surface area contributed by atoms with Crippen molar-refractivity contribution < 1.29 is 27.9 Å². The summed E-state index contributed by atoms with van der Waals surface area (Å²) in [7, 11) is 1.61. The molecule has 1 N–H and O–H groups in total. The second-order valence-corrected chi connectivity index (χ2v) is 10.6. The molecule has 0 aliphatic carbocycles. The third-order valence-electron chi connectivity index (χ3n) is 7.92. The molecule has 3 heterocycles. The van der Waals surface area contributed by atoms with Crippen LogP contribution in [0.15, 0.2) is 52.9 Å². The number of carbonyl (C=O) groups is 3. The average Bonchev–Trinajstić information content (AvgIpc) is 3.63. The van der Waals surface area contributed by atoms with Gasteiger partial charge in [-0.1, -0.05) is 18.2 Å². The van der Waals surface area contributed by atoms with Crippen molar-refractivity contribution in [3.63, 3.8) is 0 Å². The van der Waals surface area contributed by atoms with Gasteiger partial charge in [-0.15, -0.1) is 0 Å². The molecule has 1 atom stereocenters. The first-order chi connectivity index (χ1) is 19.8. The number of nitrogens with zero attached hydrogens (tertiary/aromatic N) is 3. The fourth-order valence-electron chi connectivity index (χ4n) is 5.59. The Balaban J connectivity index is 1.14. The van der Waals surface area contributed by atoms with Crippen molar-refractivity contribution in [2.24, 2.45) is 5.92 Å². The Kier molecular flexibility index (Phi) is 8.66. The van der Waals surface area contributed by atoms with Crippen LogP contribution in [0.25, 0.3) is 11.5 Å². The second kappa shape index (κ2) is 12.5. The molecule has 0 unspecified atom stereocenters. The highest BCUT2D eigenvalue weighted by atomic mass is 19.1. The SMILES string of the molecule is COc1cccc(CNC(=O)C2CCN(C(=O)[C@@H]3CCCN3C(=O)Cc3nc(-c4cccc(F)c4)oc3C)CC2)c1. The molecule has 0 bridgehead atoms. The van der Waals surface area contributed by atoms with Gasteiger partial charge in [0, 0.05) is 37.7 Å². The number of carbonyl (C=O) groups excluding carboxylic acids is 3. The number of likely N-dealkylation sites (tertiary alicyclic amines) is 2. The number of hydrogen-bond donors (Lipinski definition) is 1. The molecule has 2 saturated heterocycles. The minimum Gasteiger partial charge on any atom is -0.497 e. The zero-order valence-electron chi connectivity index (χ0n) is 23.4. The van der Waals surface area contributed by atoms with E-state index in [2.05, 4.69) is 10.3 Å². The highest BCUT2D eigenvalue weighted by molar-refractivity contribution is 5.89. The van der Waals surface area contributed by atoms with Gasteiger partial charge in [0.05, 0.1) is 19.2 Å². The third-order valence-corrected chi connectivity index (χ3v) is 7.92. The Morgan fingerprint density at radius 2 is 1.85 bits per heavy atom. The van der Waals surface area contributed by atoms with Crippen molar-refractivity contribution in [1.29, 1.82) is 0 Å². The summed E-state index contributed by atoms with van der Waals surface area (Å²) in [6.45, 7) is 3.61. The Morgan fingerprint density at radius 1 is 1.07 bits per heavy atom. The lowest BCUT2D eigenvalue weighted by Gasteiger charge is -2.35. The summed E-state index contributed by atoms with van der Waals surface area (Å²) in [4.78, 5) is 47.4.